The lowest BCUT2D eigenvalue weighted by molar-refractivity contribution is 0.0715. The highest BCUT2D eigenvalue weighted by molar-refractivity contribution is 6.30. The van der Waals surface area contributed by atoms with Gasteiger partial charge in [-0.2, -0.15) is 0 Å². The third kappa shape index (κ3) is 2.61. The zero-order valence-electron chi connectivity index (χ0n) is 14.8. The van der Waals surface area contributed by atoms with Gasteiger partial charge in [-0.1, -0.05) is 30.2 Å². The van der Waals surface area contributed by atoms with Gasteiger partial charge in [0.15, 0.2) is 11.5 Å². The molecule has 0 bridgehead atoms. The summed E-state index contributed by atoms with van der Waals surface area (Å²) < 4.78 is 5.32. The predicted octanol–water partition coefficient (Wildman–Crippen LogP) is 4.71. The molecule has 25 heavy (non-hydrogen) atoms. The van der Waals surface area contributed by atoms with Crippen LogP contribution in [0.1, 0.15) is 42.0 Å². The number of halogens is 1. The summed E-state index contributed by atoms with van der Waals surface area (Å²) in [4.78, 5) is 2.45. The van der Waals surface area contributed by atoms with Crippen molar-refractivity contribution in [3.63, 3.8) is 0 Å². The van der Waals surface area contributed by atoms with E-state index in [0.717, 1.165) is 30.8 Å². The molecular formula is C21H24ClNO2. The lowest BCUT2D eigenvalue weighted by Gasteiger charge is -2.53. The largest absolute Gasteiger partial charge is 0.504 e. The van der Waals surface area contributed by atoms with Crippen LogP contribution in [0.2, 0.25) is 5.02 Å². The van der Waals surface area contributed by atoms with Gasteiger partial charge in [0.25, 0.3) is 0 Å². The second kappa shape index (κ2) is 6.22. The first-order valence-corrected chi connectivity index (χ1v) is 9.29. The lowest BCUT2D eigenvalue weighted by atomic mass is 9.57. The average molecular weight is 358 g/mol. The van der Waals surface area contributed by atoms with E-state index in [-0.39, 0.29) is 17.2 Å². The van der Waals surface area contributed by atoms with E-state index in [2.05, 4.69) is 24.1 Å². The smallest absolute Gasteiger partial charge is 0.160 e. The number of phenols is 1. The van der Waals surface area contributed by atoms with Crippen LogP contribution >= 0.6 is 11.6 Å². The van der Waals surface area contributed by atoms with Crippen molar-refractivity contribution in [1.29, 1.82) is 0 Å². The summed E-state index contributed by atoms with van der Waals surface area (Å²) >= 11 is 6.12. The number of hydrogen-bond donors (Lipinski definition) is 1. The number of methoxy groups -OCH3 is 1. The highest BCUT2D eigenvalue weighted by Crippen LogP contribution is 2.56. The number of nitrogens with zero attached hydrogens (tertiary/aromatic N) is 1. The monoisotopic (exact) mass is 357 g/mol. The lowest BCUT2D eigenvalue weighted by Crippen LogP contribution is -2.49. The van der Waals surface area contributed by atoms with E-state index < -0.39 is 0 Å². The van der Waals surface area contributed by atoms with Crippen LogP contribution in [0.5, 0.6) is 11.5 Å². The maximum Gasteiger partial charge on any atom is 0.160 e. The van der Waals surface area contributed by atoms with Crippen molar-refractivity contribution in [2.75, 3.05) is 20.7 Å². The Morgan fingerprint density at radius 2 is 1.92 bits per heavy atom. The number of aromatic hydroxyl groups is 1. The van der Waals surface area contributed by atoms with E-state index in [9.17, 15) is 5.11 Å². The van der Waals surface area contributed by atoms with E-state index in [1.165, 1.54) is 23.1 Å². The molecule has 2 aliphatic rings. The molecule has 1 fully saturated rings. The van der Waals surface area contributed by atoms with Crippen LogP contribution in [0.3, 0.4) is 0 Å². The molecule has 4 rings (SSSR count). The molecule has 2 aromatic rings. The van der Waals surface area contributed by atoms with E-state index in [1.54, 1.807) is 7.11 Å². The zero-order chi connectivity index (χ0) is 17.6. The van der Waals surface area contributed by atoms with Gasteiger partial charge in [-0.05, 0) is 67.3 Å². The molecule has 0 radical (unpaired) electrons. The van der Waals surface area contributed by atoms with Crippen molar-refractivity contribution >= 4 is 11.6 Å². The van der Waals surface area contributed by atoms with Gasteiger partial charge < -0.3 is 9.84 Å². The van der Waals surface area contributed by atoms with Crippen molar-refractivity contribution < 1.29 is 9.84 Å². The van der Waals surface area contributed by atoms with Crippen LogP contribution in [-0.2, 0) is 11.8 Å². The fraction of sp³-hybridized carbons (Fsp3) is 0.429. The van der Waals surface area contributed by atoms with Crippen molar-refractivity contribution in [3.05, 3.63) is 58.1 Å². The maximum absolute atomic E-state index is 10.4. The van der Waals surface area contributed by atoms with Crippen LogP contribution in [0.15, 0.2) is 36.4 Å². The SMILES string of the molecule is COc1cc2c(cc1O)C(C1(c3ccc(Cl)cc3)CCC1)N(C)CC2. The third-order valence-corrected chi connectivity index (χ3v) is 6.35. The number of fused-ring (bicyclic) bond motifs is 1. The summed E-state index contributed by atoms with van der Waals surface area (Å²) in [7, 11) is 3.81. The second-order valence-corrected chi connectivity index (χ2v) is 7.81. The van der Waals surface area contributed by atoms with Gasteiger partial charge >= 0.3 is 0 Å². The quantitative estimate of drug-likeness (QED) is 0.863. The Morgan fingerprint density at radius 3 is 2.52 bits per heavy atom. The Bertz CT molecular complexity index is 783. The van der Waals surface area contributed by atoms with Crippen LogP contribution in [0, 0.1) is 0 Å². The summed E-state index contributed by atoms with van der Waals surface area (Å²) in [6.45, 7) is 1.01. The fourth-order valence-corrected chi connectivity index (χ4v) is 4.83. The van der Waals surface area contributed by atoms with Gasteiger partial charge in [-0.15, -0.1) is 0 Å². The molecule has 3 nitrogen and oxygen atoms in total. The zero-order valence-corrected chi connectivity index (χ0v) is 15.5. The first-order valence-electron chi connectivity index (χ1n) is 8.91. The van der Waals surface area contributed by atoms with E-state index >= 15 is 0 Å². The van der Waals surface area contributed by atoms with Crippen molar-refractivity contribution in [2.24, 2.45) is 0 Å². The summed E-state index contributed by atoms with van der Waals surface area (Å²) in [5.74, 6) is 0.795. The Balaban J connectivity index is 1.84. The van der Waals surface area contributed by atoms with Gasteiger partial charge in [0.1, 0.15) is 0 Å². The second-order valence-electron chi connectivity index (χ2n) is 7.37. The minimum absolute atomic E-state index is 0.0928. The number of phenolic OH excluding ortho intramolecular Hbond substituents is 1. The van der Waals surface area contributed by atoms with E-state index in [0.29, 0.717) is 5.75 Å². The molecule has 2 aromatic carbocycles. The van der Waals surface area contributed by atoms with Crippen LogP contribution in [0.4, 0.5) is 0 Å². The molecule has 1 atom stereocenters. The Labute approximate surface area is 154 Å². The van der Waals surface area contributed by atoms with Crippen LogP contribution in [0.25, 0.3) is 0 Å². The number of benzene rings is 2. The molecule has 0 aromatic heterocycles. The molecule has 132 valence electrons. The van der Waals surface area contributed by atoms with Gasteiger partial charge in [0.2, 0.25) is 0 Å². The van der Waals surface area contributed by atoms with Crippen molar-refractivity contribution in [2.45, 2.75) is 37.1 Å². The number of ether oxygens (including phenoxy) is 1. The molecular weight excluding hydrogens is 334 g/mol. The minimum atomic E-state index is 0.0928. The summed E-state index contributed by atoms with van der Waals surface area (Å²) in [6, 6.07) is 12.5. The number of likely N-dealkylation sites (N-methyl/N-ethyl adjacent to an activating group) is 1. The Morgan fingerprint density at radius 1 is 1.20 bits per heavy atom. The van der Waals surface area contributed by atoms with Crippen LogP contribution < -0.4 is 4.74 Å². The van der Waals surface area contributed by atoms with Gasteiger partial charge in [-0.25, -0.2) is 0 Å². The van der Waals surface area contributed by atoms with Crippen molar-refractivity contribution in [3.8, 4) is 11.5 Å². The predicted molar refractivity (Wildman–Crippen MR) is 101 cm³/mol. The number of rotatable bonds is 3. The molecule has 4 heteroatoms. The molecule has 1 N–H and O–H groups in total. The van der Waals surface area contributed by atoms with E-state index in [1.807, 2.05) is 24.3 Å². The molecule has 0 amide bonds. The van der Waals surface area contributed by atoms with Crippen molar-refractivity contribution in [1.82, 2.24) is 4.90 Å². The normalized spacial score (nSPS) is 22.1. The standard InChI is InChI=1S/C21H24ClNO2/c1-23-11-8-14-12-19(25-2)18(24)13-17(14)20(23)21(9-3-10-21)15-4-6-16(22)7-5-15/h4-7,12-13,20,24H,3,8-11H2,1-2H3. The summed E-state index contributed by atoms with van der Waals surface area (Å²) in [6.07, 6.45) is 4.55. The number of hydrogen-bond acceptors (Lipinski definition) is 3. The first kappa shape index (κ1) is 16.7. The molecule has 1 saturated carbocycles. The van der Waals surface area contributed by atoms with Gasteiger partial charge in [0.05, 0.1) is 7.11 Å². The molecule has 0 saturated heterocycles. The fourth-order valence-electron chi connectivity index (χ4n) is 4.70. The van der Waals surface area contributed by atoms with Crippen LogP contribution in [-0.4, -0.2) is 30.7 Å². The summed E-state index contributed by atoms with van der Waals surface area (Å²) in [5, 5.41) is 11.1. The first-order chi connectivity index (χ1) is 12.0. The van der Waals surface area contributed by atoms with E-state index in [4.69, 9.17) is 16.3 Å². The third-order valence-electron chi connectivity index (χ3n) is 6.10. The molecule has 1 aliphatic carbocycles. The average Bonchev–Trinajstić information content (AvgIpc) is 2.57. The minimum Gasteiger partial charge on any atom is -0.504 e. The maximum atomic E-state index is 10.4. The summed E-state index contributed by atoms with van der Waals surface area (Å²) in [5.41, 5.74) is 3.97. The molecule has 1 unspecified atom stereocenters. The molecule has 1 heterocycles. The topological polar surface area (TPSA) is 32.7 Å². The Hall–Kier alpha value is -1.71. The molecule has 1 aliphatic heterocycles. The van der Waals surface area contributed by atoms with Gasteiger partial charge in [0, 0.05) is 23.0 Å². The Kier molecular flexibility index (Phi) is 4.17. The highest BCUT2D eigenvalue weighted by atomic mass is 35.5. The van der Waals surface area contributed by atoms with Gasteiger partial charge in [-0.3, -0.25) is 4.90 Å². The highest BCUT2D eigenvalue weighted by Gasteiger charge is 2.49. The molecule has 0 spiro atoms.